The van der Waals surface area contributed by atoms with E-state index >= 15 is 0 Å². The molecule has 0 aliphatic carbocycles. The lowest BCUT2D eigenvalue weighted by Crippen LogP contribution is -2.13. The van der Waals surface area contributed by atoms with Crippen LogP contribution in [-0.2, 0) is 4.74 Å². The number of ether oxygens (including phenoxy) is 1. The number of anilines is 2. The molecule has 1 rings (SSSR count). The molecule has 0 radical (unpaired) electrons. The van der Waals surface area contributed by atoms with E-state index < -0.39 is 0 Å². The molecule has 0 aliphatic heterocycles. The fraction of sp³-hybridized carbons (Fsp3) is 0.538. The second-order valence-corrected chi connectivity index (χ2v) is 4.60. The fourth-order valence-corrected chi connectivity index (χ4v) is 1.66. The first kappa shape index (κ1) is 15.2. The molecule has 0 heterocycles. The van der Waals surface area contributed by atoms with Crippen LogP contribution < -0.4 is 10.6 Å². The number of nitro groups is 1. The summed E-state index contributed by atoms with van der Waals surface area (Å²) in [6.45, 7) is 5.92. The van der Waals surface area contributed by atoms with Crippen LogP contribution in [0.3, 0.4) is 0 Å². The Morgan fingerprint density at radius 2 is 2.05 bits per heavy atom. The van der Waals surface area contributed by atoms with E-state index in [-0.39, 0.29) is 10.6 Å². The van der Waals surface area contributed by atoms with Gasteiger partial charge in [0.15, 0.2) is 0 Å². The van der Waals surface area contributed by atoms with Gasteiger partial charge in [0.05, 0.1) is 11.5 Å². The molecule has 0 atom stereocenters. The third kappa shape index (κ3) is 4.75. The summed E-state index contributed by atoms with van der Waals surface area (Å²) in [5, 5.41) is 16.9. The van der Waals surface area contributed by atoms with Gasteiger partial charge in [-0.25, -0.2) is 0 Å². The number of rotatable bonds is 8. The smallest absolute Gasteiger partial charge is 0.315 e. The molecular formula is C13H21N3O3. The van der Waals surface area contributed by atoms with Gasteiger partial charge >= 0.3 is 5.69 Å². The van der Waals surface area contributed by atoms with Crippen LogP contribution in [0.15, 0.2) is 18.2 Å². The van der Waals surface area contributed by atoms with Gasteiger partial charge in [-0.2, -0.15) is 0 Å². The Balaban J connectivity index is 2.60. The van der Waals surface area contributed by atoms with Crippen LogP contribution in [0, 0.1) is 16.0 Å². The number of para-hydroxylation sites is 1. The van der Waals surface area contributed by atoms with Crippen LogP contribution in [0.25, 0.3) is 0 Å². The zero-order valence-corrected chi connectivity index (χ0v) is 11.6. The lowest BCUT2D eigenvalue weighted by atomic mass is 10.2. The van der Waals surface area contributed by atoms with Gasteiger partial charge in [-0.1, -0.05) is 19.9 Å². The van der Waals surface area contributed by atoms with Crippen molar-refractivity contribution in [3.05, 3.63) is 28.3 Å². The molecule has 0 bridgehead atoms. The van der Waals surface area contributed by atoms with Crippen molar-refractivity contribution >= 4 is 17.1 Å². The molecule has 0 aliphatic rings. The average molecular weight is 267 g/mol. The molecule has 0 unspecified atom stereocenters. The monoisotopic (exact) mass is 267 g/mol. The molecule has 0 saturated heterocycles. The number of nitro benzene ring substituents is 1. The summed E-state index contributed by atoms with van der Waals surface area (Å²) in [7, 11) is 1.66. The van der Waals surface area contributed by atoms with Crippen molar-refractivity contribution in [2.45, 2.75) is 13.8 Å². The summed E-state index contributed by atoms with van der Waals surface area (Å²) >= 11 is 0. The average Bonchev–Trinajstić information content (AvgIpc) is 2.37. The van der Waals surface area contributed by atoms with E-state index in [4.69, 9.17) is 4.74 Å². The maximum absolute atomic E-state index is 11.1. The number of nitrogens with one attached hydrogen (secondary N) is 2. The molecule has 0 saturated carbocycles. The second kappa shape index (κ2) is 7.58. The van der Waals surface area contributed by atoms with Gasteiger partial charge < -0.3 is 15.4 Å². The van der Waals surface area contributed by atoms with Gasteiger partial charge in [0, 0.05) is 20.2 Å². The van der Waals surface area contributed by atoms with E-state index in [0.29, 0.717) is 37.1 Å². The quantitative estimate of drug-likeness (QED) is 0.430. The summed E-state index contributed by atoms with van der Waals surface area (Å²) < 4.78 is 5.43. The number of hydrogen-bond donors (Lipinski definition) is 2. The van der Waals surface area contributed by atoms with Crippen molar-refractivity contribution in [3.63, 3.8) is 0 Å². The van der Waals surface area contributed by atoms with E-state index in [1.165, 1.54) is 0 Å². The highest BCUT2D eigenvalue weighted by atomic mass is 16.6. The molecule has 6 nitrogen and oxygen atoms in total. The van der Waals surface area contributed by atoms with E-state index in [2.05, 4.69) is 24.5 Å². The van der Waals surface area contributed by atoms with Crippen molar-refractivity contribution in [3.8, 4) is 0 Å². The first-order valence-electron chi connectivity index (χ1n) is 6.33. The fourth-order valence-electron chi connectivity index (χ4n) is 1.66. The summed E-state index contributed by atoms with van der Waals surface area (Å²) in [5.74, 6) is 0.488. The normalized spacial score (nSPS) is 10.5. The molecule has 6 heteroatoms. The molecule has 0 aromatic heterocycles. The summed E-state index contributed by atoms with van der Waals surface area (Å²) in [6, 6.07) is 5.15. The lowest BCUT2D eigenvalue weighted by Gasteiger charge is -2.11. The topological polar surface area (TPSA) is 76.4 Å². The first-order chi connectivity index (χ1) is 9.06. The summed E-state index contributed by atoms with van der Waals surface area (Å²) in [4.78, 5) is 10.7. The first-order valence-corrected chi connectivity index (χ1v) is 6.33. The van der Waals surface area contributed by atoms with Crippen molar-refractivity contribution in [1.29, 1.82) is 0 Å². The van der Waals surface area contributed by atoms with Crippen LogP contribution in [-0.4, -0.2) is 31.7 Å². The van der Waals surface area contributed by atoms with E-state index in [9.17, 15) is 10.1 Å². The van der Waals surface area contributed by atoms with Crippen LogP contribution >= 0.6 is 0 Å². The van der Waals surface area contributed by atoms with Crippen LogP contribution in [0.5, 0.6) is 0 Å². The highest BCUT2D eigenvalue weighted by Crippen LogP contribution is 2.32. The molecule has 0 spiro atoms. The third-order valence-electron chi connectivity index (χ3n) is 2.50. The predicted octanol–water partition coefficient (Wildman–Crippen LogP) is 2.72. The minimum Gasteiger partial charge on any atom is -0.382 e. The second-order valence-electron chi connectivity index (χ2n) is 4.60. The largest absolute Gasteiger partial charge is 0.382 e. The highest BCUT2D eigenvalue weighted by Gasteiger charge is 2.18. The van der Waals surface area contributed by atoms with Gasteiger partial charge in [-0.15, -0.1) is 0 Å². The van der Waals surface area contributed by atoms with Gasteiger partial charge in [-0.05, 0) is 18.1 Å². The minimum absolute atomic E-state index is 0.0638. The van der Waals surface area contributed by atoms with Gasteiger partial charge in [0.1, 0.15) is 11.4 Å². The van der Waals surface area contributed by atoms with Gasteiger partial charge in [0.2, 0.25) is 0 Å². The zero-order chi connectivity index (χ0) is 14.3. The lowest BCUT2D eigenvalue weighted by molar-refractivity contribution is -0.383. The van der Waals surface area contributed by atoms with Crippen LogP contribution in [0.2, 0.25) is 0 Å². The Labute approximate surface area is 113 Å². The molecule has 1 aromatic rings. The van der Waals surface area contributed by atoms with E-state index in [1.54, 1.807) is 25.2 Å². The van der Waals surface area contributed by atoms with Gasteiger partial charge in [0.25, 0.3) is 0 Å². The standard InChI is InChI=1S/C13H21N3O3/c1-10(2)9-19-8-7-15-12-6-4-5-11(14-3)13(12)16(17)18/h4-6,10,14-15H,7-9H2,1-3H3. The molecule has 106 valence electrons. The third-order valence-corrected chi connectivity index (χ3v) is 2.50. The number of nitrogens with zero attached hydrogens (tertiary/aromatic N) is 1. The van der Waals surface area contributed by atoms with Crippen molar-refractivity contribution in [2.75, 3.05) is 37.4 Å². The zero-order valence-electron chi connectivity index (χ0n) is 11.6. The summed E-state index contributed by atoms with van der Waals surface area (Å²) in [5.41, 5.74) is 1.07. The molecular weight excluding hydrogens is 246 g/mol. The molecule has 2 N–H and O–H groups in total. The number of hydrogen-bond acceptors (Lipinski definition) is 5. The van der Waals surface area contributed by atoms with E-state index in [1.807, 2.05) is 0 Å². The maximum atomic E-state index is 11.1. The van der Waals surface area contributed by atoms with Crippen molar-refractivity contribution in [2.24, 2.45) is 5.92 Å². The Bertz CT molecular complexity index is 422. The van der Waals surface area contributed by atoms with Crippen LogP contribution in [0.4, 0.5) is 17.1 Å². The van der Waals surface area contributed by atoms with E-state index in [0.717, 1.165) is 0 Å². The Morgan fingerprint density at radius 1 is 1.37 bits per heavy atom. The molecule has 19 heavy (non-hydrogen) atoms. The van der Waals surface area contributed by atoms with Crippen molar-refractivity contribution in [1.82, 2.24) is 0 Å². The maximum Gasteiger partial charge on any atom is 0.315 e. The SMILES string of the molecule is CNc1cccc(NCCOCC(C)C)c1[N+](=O)[O-]. The molecule has 1 aromatic carbocycles. The Hall–Kier alpha value is -1.82. The molecule has 0 amide bonds. The summed E-state index contributed by atoms with van der Waals surface area (Å²) in [6.07, 6.45) is 0. The highest BCUT2D eigenvalue weighted by molar-refractivity contribution is 5.75. The predicted molar refractivity (Wildman–Crippen MR) is 76.8 cm³/mol. The molecule has 0 fully saturated rings. The Morgan fingerprint density at radius 3 is 2.63 bits per heavy atom. The Kier molecular flexibility index (Phi) is 6.08. The number of benzene rings is 1. The minimum atomic E-state index is -0.386. The van der Waals surface area contributed by atoms with Crippen molar-refractivity contribution < 1.29 is 9.66 Å². The van der Waals surface area contributed by atoms with Crippen LogP contribution in [0.1, 0.15) is 13.8 Å². The van der Waals surface area contributed by atoms with Gasteiger partial charge in [-0.3, -0.25) is 10.1 Å².